The molecule has 43 heavy (non-hydrogen) atoms. The average Bonchev–Trinajstić information content (AvgIpc) is 3.43. The van der Waals surface area contributed by atoms with Crippen LogP contribution in [0.5, 0.6) is 28.7 Å². The van der Waals surface area contributed by atoms with Gasteiger partial charge in [0.25, 0.3) is 5.91 Å². The number of nitrogens with zero attached hydrogens (tertiary/aromatic N) is 2. The molecular weight excluding hydrogens is 565 g/mol. The second-order valence-electron chi connectivity index (χ2n) is 10.5. The van der Waals surface area contributed by atoms with E-state index in [1.165, 1.54) is 26.3 Å². The van der Waals surface area contributed by atoms with Crippen LogP contribution in [-0.2, 0) is 6.18 Å². The largest absolute Gasteiger partial charge is 0.496 e. The summed E-state index contributed by atoms with van der Waals surface area (Å²) < 4.78 is 68.1. The van der Waals surface area contributed by atoms with Crippen molar-refractivity contribution in [2.45, 2.75) is 38.1 Å². The van der Waals surface area contributed by atoms with E-state index < -0.39 is 29.3 Å². The van der Waals surface area contributed by atoms with Gasteiger partial charge in [-0.1, -0.05) is 0 Å². The molecule has 11 heteroatoms. The first-order valence-corrected chi connectivity index (χ1v) is 13.4. The van der Waals surface area contributed by atoms with Crippen LogP contribution in [0.2, 0.25) is 0 Å². The summed E-state index contributed by atoms with van der Waals surface area (Å²) in [6.45, 7) is 3.84. The number of hydrazone groups is 1. The van der Waals surface area contributed by atoms with E-state index in [4.69, 9.17) is 28.8 Å². The molecule has 0 fully saturated rings. The first-order valence-electron chi connectivity index (χ1n) is 13.4. The van der Waals surface area contributed by atoms with Crippen molar-refractivity contribution in [3.05, 3.63) is 82.4 Å². The molecule has 0 radical (unpaired) electrons. The fourth-order valence-electron chi connectivity index (χ4n) is 5.18. The number of ether oxygens (including phenoxy) is 5. The number of alkyl halides is 3. The lowest BCUT2D eigenvalue weighted by Crippen LogP contribution is -2.28. The summed E-state index contributed by atoms with van der Waals surface area (Å²) in [7, 11) is 6.03. The van der Waals surface area contributed by atoms with Crippen LogP contribution >= 0.6 is 0 Å². The van der Waals surface area contributed by atoms with Crippen LogP contribution in [0, 0.1) is 0 Å². The lowest BCUT2D eigenvalue weighted by atomic mass is 9.93. The van der Waals surface area contributed by atoms with Gasteiger partial charge in [0, 0.05) is 17.5 Å². The van der Waals surface area contributed by atoms with Gasteiger partial charge in [-0.05, 0) is 80.1 Å². The maximum atomic E-state index is 13.9. The van der Waals surface area contributed by atoms with Crippen molar-refractivity contribution >= 4 is 17.7 Å². The number of rotatable bonds is 7. The third-order valence-electron chi connectivity index (χ3n) is 7.35. The Morgan fingerprint density at radius 1 is 0.930 bits per heavy atom. The molecule has 1 amide bonds. The van der Waals surface area contributed by atoms with E-state index >= 15 is 0 Å². The Bertz CT molecular complexity index is 1590. The van der Waals surface area contributed by atoms with Gasteiger partial charge in [0.1, 0.15) is 17.1 Å². The number of halogens is 3. The third kappa shape index (κ3) is 5.59. The molecule has 0 saturated carbocycles. The van der Waals surface area contributed by atoms with Gasteiger partial charge >= 0.3 is 6.18 Å². The normalized spacial score (nSPS) is 17.1. The highest BCUT2D eigenvalue weighted by Crippen LogP contribution is 2.46. The van der Waals surface area contributed by atoms with Crippen molar-refractivity contribution in [3.8, 4) is 28.7 Å². The van der Waals surface area contributed by atoms with Crippen molar-refractivity contribution in [2.75, 3.05) is 28.4 Å². The highest BCUT2D eigenvalue weighted by Gasteiger charge is 2.38. The molecule has 2 aliphatic rings. The zero-order chi connectivity index (χ0) is 31.1. The summed E-state index contributed by atoms with van der Waals surface area (Å²) in [6.07, 6.45) is -0.415. The predicted molar refractivity (Wildman–Crippen MR) is 154 cm³/mol. The molecule has 0 bridgehead atoms. The van der Waals surface area contributed by atoms with Crippen LogP contribution in [0.3, 0.4) is 0 Å². The van der Waals surface area contributed by atoms with Crippen molar-refractivity contribution in [1.82, 2.24) is 5.01 Å². The fourth-order valence-corrected chi connectivity index (χ4v) is 5.18. The molecule has 0 spiro atoms. The molecule has 2 aliphatic heterocycles. The first-order chi connectivity index (χ1) is 20.4. The SMILES string of the molecule is COc1ccc(C2=NN(C(=O)c3ccc(C(F)(F)F)cc3)C(c3cc(OC)c(OC)c(OC)c3)C2)c2c1C=CC(C)(C)O2. The smallest absolute Gasteiger partial charge is 0.416 e. The van der Waals surface area contributed by atoms with Crippen molar-refractivity contribution < 1.29 is 41.7 Å². The van der Waals surface area contributed by atoms with E-state index in [9.17, 15) is 18.0 Å². The van der Waals surface area contributed by atoms with Crippen molar-refractivity contribution in [2.24, 2.45) is 5.10 Å². The average molecular weight is 597 g/mol. The molecular formula is C32H31F3N2O6. The molecule has 8 nitrogen and oxygen atoms in total. The van der Waals surface area contributed by atoms with E-state index in [1.54, 1.807) is 25.3 Å². The van der Waals surface area contributed by atoms with E-state index in [1.807, 2.05) is 32.1 Å². The lowest BCUT2D eigenvalue weighted by molar-refractivity contribution is -0.137. The van der Waals surface area contributed by atoms with E-state index in [0.29, 0.717) is 45.6 Å². The summed E-state index contributed by atoms with van der Waals surface area (Å²) in [6, 6.07) is 10.5. The minimum atomic E-state index is -4.53. The zero-order valence-corrected chi connectivity index (χ0v) is 24.5. The highest BCUT2D eigenvalue weighted by atomic mass is 19.4. The van der Waals surface area contributed by atoms with Gasteiger partial charge in [0.2, 0.25) is 5.75 Å². The minimum absolute atomic E-state index is 0.0486. The molecule has 0 aliphatic carbocycles. The van der Waals surface area contributed by atoms with Gasteiger partial charge in [-0.3, -0.25) is 4.79 Å². The number of carbonyl (C=O) groups is 1. The van der Waals surface area contributed by atoms with E-state index in [0.717, 1.165) is 29.8 Å². The Kier molecular flexibility index (Phi) is 7.76. The van der Waals surface area contributed by atoms with Gasteiger partial charge in [0.05, 0.1) is 51.3 Å². The maximum absolute atomic E-state index is 13.9. The summed E-state index contributed by atoms with van der Waals surface area (Å²) in [5, 5.41) is 6.03. The van der Waals surface area contributed by atoms with Crippen molar-refractivity contribution in [3.63, 3.8) is 0 Å². The molecule has 0 N–H and O–H groups in total. The number of carbonyl (C=O) groups excluding carboxylic acids is 1. The molecule has 1 unspecified atom stereocenters. The minimum Gasteiger partial charge on any atom is -0.496 e. The molecule has 226 valence electrons. The second-order valence-corrected chi connectivity index (χ2v) is 10.5. The summed E-state index contributed by atoms with van der Waals surface area (Å²) in [4.78, 5) is 13.9. The van der Waals surface area contributed by atoms with E-state index in [-0.39, 0.29) is 12.0 Å². The second kappa shape index (κ2) is 11.2. The molecule has 3 aromatic rings. The quantitative estimate of drug-likeness (QED) is 0.295. The van der Waals surface area contributed by atoms with Crippen LogP contribution in [0.15, 0.2) is 59.7 Å². The van der Waals surface area contributed by atoms with Crippen LogP contribution in [-0.4, -0.2) is 50.7 Å². The van der Waals surface area contributed by atoms with Gasteiger partial charge in [-0.25, -0.2) is 5.01 Å². The first kappa shape index (κ1) is 29.8. The Balaban J connectivity index is 1.64. The Morgan fingerprint density at radius 2 is 1.56 bits per heavy atom. The highest BCUT2D eigenvalue weighted by molar-refractivity contribution is 6.07. The molecule has 0 saturated heterocycles. The predicted octanol–water partition coefficient (Wildman–Crippen LogP) is 6.92. The van der Waals surface area contributed by atoms with E-state index in [2.05, 4.69) is 0 Å². The van der Waals surface area contributed by atoms with Crippen LogP contribution in [0.4, 0.5) is 13.2 Å². The summed E-state index contributed by atoms with van der Waals surface area (Å²) >= 11 is 0. The topological polar surface area (TPSA) is 78.8 Å². The summed E-state index contributed by atoms with van der Waals surface area (Å²) in [5.74, 6) is 1.72. The van der Waals surface area contributed by atoms with Crippen LogP contribution < -0.4 is 23.7 Å². The number of methoxy groups -OCH3 is 4. The summed E-state index contributed by atoms with van der Waals surface area (Å²) in [5.41, 5.74) is 1.15. The number of amides is 1. The third-order valence-corrected chi connectivity index (χ3v) is 7.35. The molecule has 5 rings (SSSR count). The molecule has 0 aromatic heterocycles. The molecule has 2 heterocycles. The number of fused-ring (bicyclic) bond motifs is 1. The van der Waals surface area contributed by atoms with Crippen LogP contribution in [0.25, 0.3) is 6.08 Å². The Hall–Kier alpha value is -4.67. The fraction of sp³-hybridized carbons (Fsp3) is 0.312. The Morgan fingerprint density at radius 3 is 2.12 bits per heavy atom. The monoisotopic (exact) mass is 596 g/mol. The van der Waals surface area contributed by atoms with Crippen molar-refractivity contribution in [1.29, 1.82) is 0 Å². The molecule has 3 aromatic carbocycles. The Labute approximate surface area is 247 Å². The standard InChI is InChI=1S/C32H31F3N2O6/c1-31(2)14-13-22-25(39-3)12-11-21(28(22)43-31)23-17-24(19-15-26(40-4)29(42-6)27(16-19)41-5)37(36-23)30(38)18-7-9-20(10-8-18)32(33,34)35/h7-16,24H,17H2,1-6H3. The van der Waals surface area contributed by atoms with Crippen LogP contribution in [0.1, 0.15) is 58.9 Å². The van der Waals surface area contributed by atoms with Gasteiger partial charge in [0.15, 0.2) is 11.5 Å². The number of hydrogen-bond acceptors (Lipinski definition) is 7. The number of hydrogen-bond donors (Lipinski definition) is 0. The molecule has 1 atom stereocenters. The zero-order valence-electron chi connectivity index (χ0n) is 24.5. The number of benzene rings is 3. The maximum Gasteiger partial charge on any atom is 0.416 e. The van der Waals surface area contributed by atoms with Gasteiger partial charge < -0.3 is 23.7 Å². The van der Waals surface area contributed by atoms with Gasteiger partial charge in [-0.2, -0.15) is 18.3 Å². The van der Waals surface area contributed by atoms with Gasteiger partial charge in [-0.15, -0.1) is 0 Å². The lowest BCUT2D eigenvalue weighted by Gasteiger charge is -2.30.